The fourth-order valence-corrected chi connectivity index (χ4v) is 2.00. The number of hydrogen-bond donors (Lipinski definition) is 1. The highest BCUT2D eigenvalue weighted by Crippen LogP contribution is 2.34. The normalized spacial score (nSPS) is 18.1. The molecule has 3 heteroatoms. The lowest BCUT2D eigenvalue weighted by molar-refractivity contribution is 0.536. The van der Waals surface area contributed by atoms with Crippen LogP contribution in [0.5, 0.6) is 0 Å². The fraction of sp³-hybridized carbons (Fsp3) is 0.500. The van der Waals surface area contributed by atoms with Crippen molar-refractivity contribution in [3.8, 4) is 0 Å². The first-order valence-corrected chi connectivity index (χ1v) is 4.47. The molecular formula is C10H14N2O. The van der Waals surface area contributed by atoms with Crippen LogP contribution in [-0.4, -0.2) is 11.1 Å². The fourth-order valence-electron chi connectivity index (χ4n) is 2.00. The van der Waals surface area contributed by atoms with Gasteiger partial charge in [0.2, 0.25) is 0 Å². The number of aromatic nitrogens is 1. The Morgan fingerprint density at radius 3 is 2.85 bits per heavy atom. The highest BCUT2D eigenvalue weighted by atomic mass is 16.1. The summed E-state index contributed by atoms with van der Waals surface area (Å²) < 4.78 is 1.73. The van der Waals surface area contributed by atoms with E-state index in [0.29, 0.717) is 0 Å². The Morgan fingerprint density at radius 1 is 1.46 bits per heavy atom. The smallest absolute Gasteiger partial charge is 0.250 e. The van der Waals surface area contributed by atoms with Gasteiger partial charge in [0.15, 0.2) is 0 Å². The van der Waals surface area contributed by atoms with Crippen molar-refractivity contribution in [2.75, 3.05) is 11.9 Å². The molecule has 0 aliphatic carbocycles. The van der Waals surface area contributed by atoms with Crippen molar-refractivity contribution >= 4 is 5.69 Å². The molecule has 0 spiro atoms. The van der Waals surface area contributed by atoms with Crippen molar-refractivity contribution < 1.29 is 0 Å². The lowest BCUT2D eigenvalue weighted by Gasteiger charge is -2.19. The quantitative estimate of drug-likeness (QED) is 0.645. The maximum atomic E-state index is 11.4. The first kappa shape index (κ1) is 8.35. The first-order valence-electron chi connectivity index (χ1n) is 4.47. The molecular weight excluding hydrogens is 164 g/mol. The summed E-state index contributed by atoms with van der Waals surface area (Å²) >= 11 is 0. The zero-order valence-corrected chi connectivity index (χ0v) is 8.22. The topological polar surface area (TPSA) is 34.0 Å². The standard InChI is InChI=1S/C10H14N2O/c1-10(2)6-11-7-4-5-8(13)12(3)9(7)10/h4-5,11H,6H2,1-3H3. The molecule has 70 valence electrons. The average molecular weight is 178 g/mol. The largest absolute Gasteiger partial charge is 0.383 e. The molecule has 0 fully saturated rings. The van der Waals surface area contributed by atoms with E-state index in [1.807, 2.05) is 13.1 Å². The average Bonchev–Trinajstić information content (AvgIpc) is 2.35. The van der Waals surface area contributed by atoms with E-state index in [1.165, 1.54) is 0 Å². The third-order valence-electron chi connectivity index (χ3n) is 2.68. The Balaban J connectivity index is 2.75. The van der Waals surface area contributed by atoms with Crippen molar-refractivity contribution in [3.63, 3.8) is 0 Å². The molecule has 1 aliphatic rings. The minimum absolute atomic E-state index is 0.0600. The number of anilines is 1. The van der Waals surface area contributed by atoms with Crippen LogP contribution >= 0.6 is 0 Å². The molecule has 0 saturated heterocycles. The van der Waals surface area contributed by atoms with Gasteiger partial charge in [0.25, 0.3) is 5.56 Å². The summed E-state index contributed by atoms with van der Waals surface area (Å²) in [7, 11) is 1.83. The van der Waals surface area contributed by atoms with Crippen molar-refractivity contribution in [2.24, 2.45) is 7.05 Å². The molecule has 2 heterocycles. The van der Waals surface area contributed by atoms with Crippen LogP contribution in [0.3, 0.4) is 0 Å². The van der Waals surface area contributed by atoms with E-state index in [1.54, 1.807) is 10.6 Å². The number of nitrogens with one attached hydrogen (secondary N) is 1. The Morgan fingerprint density at radius 2 is 2.15 bits per heavy atom. The summed E-state index contributed by atoms with van der Waals surface area (Å²) in [4.78, 5) is 11.4. The van der Waals surface area contributed by atoms with E-state index >= 15 is 0 Å². The third kappa shape index (κ3) is 1.07. The predicted molar refractivity (Wildman–Crippen MR) is 53.2 cm³/mol. The maximum Gasteiger partial charge on any atom is 0.250 e. The van der Waals surface area contributed by atoms with Crippen LogP contribution < -0.4 is 10.9 Å². The van der Waals surface area contributed by atoms with E-state index in [0.717, 1.165) is 17.9 Å². The van der Waals surface area contributed by atoms with E-state index < -0.39 is 0 Å². The number of hydrogen-bond acceptors (Lipinski definition) is 2. The molecule has 1 aromatic heterocycles. The van der Waals surface area contributed by atoms with Gasteiger partial charge in [-0.2, -0.15) is 0 Å². The molecule has 3 nitrogen and oxygen atoms in total. The summed E-state index contributed by atoms with van der Waals surface area (Å²) in [6.45, 7) is 5.19. The highest BCUT2D eigenvalue weighted by Gasteiger charge is 2.31. The number of pyridine rings is 1. The van der Waals surface area contributed by atoms with E-state index in [-0.39, 0.29) is 11.0 Å². The van der Waals surface area contributed by atoms with Crippen molar-refractivity contribution in [1.29, 1.82) is 0 Å². The van der Waals surface area contributed by atoms with Crippen molar-refractivity contribution in [1.82, 2.24) is 4.57 Å². The molecule has 0 saturated carbocycles. The van der Waals surface area contributed by atoms with Gasteiger partial charge in [-0.25, -0.2) is 0 Å². The molecule has 0 radical (unpaired) electrons. The summed E-state index contributed by atoms with van der Waals surface area (Å²) in [6, 6.07) is 3.47. The van der Waals surface area contributed by atoms with Crippen LogP contribution in [0.1, 0.15) is 19.5 Å². The number of fused-ring (bicyclic) bond motifs is 1. The van der Waals surface area contributed by atoms with Gasteiger partial charge in [0.1, 0.15) is 0 Å². The van der Waals surface area contributed by atoms with E-state index in [2.05, 4.69) is 19.2 Å². The molecule has 1 aromatic rings. The molecule has 1 N–H and O–H groups in total. The van der Waals surface area contributed by atoms with Gasteiger partial charge in [-0.05, 0) is 6.07 Å². The molecule has 2 rings (SSSR count). The Hall–Kier alpha value is -1.25. The molecule has 0 unspecified atom stereocenters. The van der Waals surface area contributed by atoms with Crippen LogP contribution in [0.2, 0.25) is 0 Å². The molecule has 13 heavy (non-hydrogen) atoms. The van der Waals surface area contributed by atoms with E-state index in [9.17, 15) is 4.79 Å². The zero-order chi connectivity index (χ0) is 9.64. The number of nitrogens with zero attached hydrogens (tertiary/aromatic N) is 1. The lowest BCUT2D eigenvalue weighted by Crippen LogP contribution is -2.27. The van der Waals surface area contributed by atoms with Crippen LogP contribution in [-0.2, 0) is 12.5 Å². The minimum Gasteiger partial charge on any atom is -0.383 e. The predicted octanol–water partition coefficient (Wildman–Crippen LogP) is 1.09. The summed E-state index contributed by atoms with van der Waals surface area (Å²) in [5, 5.41) is 3.30. The maximum absolute atomic E-state index is 11.4. The Kier molecular flexibility index (Phi) is 1.53. The second-order valence-electron chi connectivity index (χ2n) is 4.23. The monoisotopic (exact) mass is 178 g/mol. The Bertz CT molecular complexity index is 404. The first-order chi connectivity index (χ1) is 6.02. The molecule has 0 bridgehead atoms. The Labute approximate surface area is 77.4 Å². The van der Waals surface area contributed by atoms with Crippen LogP contribution in [0.4, 0.5) is 5.69 Å². The van der Waals surface area contributed by atoms with Crippen LogP contribution in [0.25, 0.3) is 0 Å². The van der Waals surface area contributed by atoms with Crippen molar-refractivity contribution in [2.45, 2.75) is 19.3 Å². The highest BCUT2D eigenvalue weighted by molar-refractivity contribution is 5.56. The molecule has 1 aliphatic heterocycles. The molecule has 0 aromatic carbocycles. The lowest BCUT2D eigenvalue weighted by atomic mass is 9.91. The minimum atomic E-state index is 0.0600. The van der Waals surface area contributed by atoms with Gasteiger partial charge in [-0.3, -0.25) is 4.79 Å². The van der Waals surface area contributed by atoms with Gasteiger partial charge in [-0.15, -0.1) is 0 Å². The third-order valence-corrected chi connectivity index (χ3v) is 2.68. The van der Waals surface area contributed by atoms with Gasteiger partial charge in [-0.1, -0.05) is 13.8 Å². The van der Waals surface area contributed by atoms with Crippen LogP contribution in [0.15, 0.2) is 16.9 Å². The number of rotatable bonds is 0. The van der Waals surface area contributed by atoms with E-state index in [4.69, 9.17) is 0 Å². The second kappa shape index (κ2) is 2.37. The zero-order valence-electron chi connectivity index (χ0n) is 8.22. The van der Waals surface area contributed by atoms with Crippen molar-refractivity contribution in [3.05, 3.63) is 28.2 Å². The van der Waals surface area contributed by atoms with Gasteiger partial charge < -0.3 is 9.88 Å². The van der Waals surface area contributed by atoms with Gasteiger partial charge in [0.05, 0.1) is 11.4 Å². The molecule has 0 atom stereocenters. The summed E-state index contributed by atoms with van der Waals surface area (Å²) in [6.07, 6.45) is 0. The summed E-state index contributed by atoms with van der Waals surface area (Å²) in [5.74, 6) is 0. The SMILES string of the molecule is Cn1c2c(ccc1=O)NCC2(C)C. The van der Waals surface area contributed by atoms with Gasteiger partial charge in [0, 0.05) is 25.1 Å². The van der Waals surface area contributed by atoms with Crippen LogP contribution in [0, 0.1) is 0 Å². The molecule has 0 amide bonds. The second-order valence-corrected chi connectivity index (χ2v) is 4.23. The van der Waals surface area contributed by atoms with Gasteiger partial charge >= 0.3 is 0 Å². The summed E-state index contributed by atoms with van der Waals surface area (Å²) in [5.41, 5.74) is 2.33.